The summed E-state index contributed by atoms with van der Waals surface area (Å²) >= 11 is 0. The van der Waals surface area contributed by atoms with Gasteiger partial charge < -0.3 is 20.2 Å². The van der Waals surface area contributed by atoms with Crippen LogP contribution >= 0.6 is 0 Å². The lowest BCUT2D eigenvalue weighted by Gasteiger charge is -2.38. The Balaban J connectivity index is 1.45. The van der Waals surface area contributed by atoms with E-state index in [1.54, 1.807) is 0 Å². The molecule has 0 atom stereocenters. The molecule has 130 valence electrons. The summed E-state index contributed by atoms with van der Waals surface area (Å²) in [6.07, 6.45) is 3.65. The van der Waals surface area contributed by atoms with Crippen LogP contribution in [0.4, 0.5) is 10.5 Å². The van der Waals surface area contributed by atoms with Crippen LogP contribution in [0.1, 0.15) is 31.2 Å². The highest BCUT2D eigenvalue weighted by Crippen LogP contribution is 2.32. The Labute approximate surface area is 142 Å². The molecular formula is C18H25N3O3. The Kier molecular flexibility index (Phi) is 5.23. The molecule has 2 aliphatic heterocycles. The number of carbonyl (C=O) groups excluding carboxylic acids is 1. The molecule has 0 aromatic heterocycles. The summed E-state index contributed by atoms with van der Waals surface area (Å²) in [6, 6.07) is 9.03. The molecule has 1 aromatic rings. The number of nitrogens with one attached hydrogen (secondary N) is 1. The van der Waals surface area contributed by atoms with Gasteiger partial charge in [-0.1, -0.05) is 18.2 Å². The maximum absolute atomic E-state index is 12.1. The molecule has 6 nitrogen and oxygen atoms in total. The van der Waals surface area contributed by atoms with E-state index in [0.29, 0.717) is 19.0 Å². The van der Waals surface area contributed by atoms with E-state index in [4.69, 9.17) is 5.11 Å². The van der Waals surface area contributed by atoms with E-state index >= 15 is 0 Å². The first kappa shape index (κ1) is 16.6. The van der Waals surface area contributed by atoms with Gasteiger partial charge in [-0.25, -0.2) is 4.79 Å². The standard InChI is InChI=1S/C18H25N3O3/c22-17(23)6-3-10-19-18(24)20-11-8-15(9-12-20)21-13-7-14-4-1-2-5-16(14)21/h1-2,4-5,15H,3,6-13H2,(H,19,24)(H,22,23). The Morgan fingerprint density at radius 1 is 1.17 bits per heavy atom. The quantitative estimate of drug-likeness (QED) is 0.810. The van der Waals surface area contributed by atoms with Gasteiger partial charge in [-0.15, -0.1) is 0 Å². The number of anilines is 1. The molecule has 1 fully saturated rings. The highest BCUT2D eigenvalue weighted by Gasteiger charge is 2.30. The summed E-state index contributed by atoms with van der Waals surface area (Å²) in [5, 5.41) is 11.4. The molecule has 0 unspecified atom stereocenters. The molecule has 0 aliphatic carbocycles. The summed E-state index contributed by atoms with van der Waals surface area (Å²) in [4.78, 5) is 26.9. The molecule has 0 saturated carbocycles. The summed E-state index contributed by atoms with van der Waals surface area (Å²) in [7, 11) is 0. The van der Waals surface area contributed by atoms with Crippen molar-refractivity contribution in [2.75, 3.05) is 31.1 Å². The number of para-hydroxylation sites is 1. The number of aliphatic carboxylic acids is 1. The number of carboxylic acid groups (broad SMARTS) is 1. The van der Waals surface area contributed by atoms with Crippen molar-refractivity contribution in [3.63, 3.8) is 0 Å². The van der Waals surface area contributed by atoms with Crippen LogP contribution in [0.2, 0.25) is 0 Å². The monoisotopic (exact) mass is 331 g/mol. The Morgan fingerprint density at radius 2 is 1.92 bits per heavy atom. The summed E-state index contributed by atoms with van der Waals surface area (Å²) < 4.78 is 0. The normalized spacial score (nSPS) is 17.7. The molecule has 6 heteroatoms. The average molecular weight is 331 g/mol. The topological polar surface area (TPSA) is 72.9 Å². The van der Waals surface area contributed by atoms with Gasteiger partial charge in [0.25, 0.3) is 0 Å². The highest BCUT2D eigenvalue weighted by molar-refractivity contribution is 5.74. The zero-order valence-corrected chi connectivity index (χ0v) is 13.9. The van der Waals surface area contributed by atoms with Crippen LogP contribution in [-0.4, -0.2) is 54.2 Å². The number of fused-ring (bicyclic) bond motifs is 1. The van der Waals surface area contributed by atoms with Crippen molar-refractivity contribution < 1.29 is 14.7 Å². The maximum Gasteiger partial charge on any atom is 0.317 e. The average Bonchev–Trinajstić information content (AvgIpc) is 3.02. The van der Waals surface area contributed by atoms with E-state index in [9.17, 15) is 9.59 Å². The van der Waals surface area contributed by atoms with Crippen LogP contribution < -0.4 is 10.2 Å². The molecule has 24 heavy (non-hydrogen) atoms. The van der Waals surface area contributed by atoms with Crippen molar-refractivity contribution in [2.24, 2.45) is 0 Å². The van der Waals surface area contributed by atoms with Gasteiger partial charge in [-0.3, -0.25) is 4.79 Å². The number of nitrogens with zero attached hydrogens (tertiary/aromatic N) is 2. The molecule has 0 bridgehead atoms. The minimum atomic E-state index is -0.823. The first-order chi connectivity index (χ1) is 11.6. The van der Waals surface area contributed by atoms with Gasteiger partial charge in [0.15, 0.2) is 0 Å². The zero-order valence-electron chi connectivity index (χ0n) is 13.9. The maximum atomic E-state index is 12.1. The molecule has 2 aliphatic rings. The van der Waals surface area contributed by atoms with Crippen molar-refractivity contribution in [1.82, 2.24) is 10.2 Å². The zero-order chi connectivity index (χ0) is 16.9. The fraction of sp³-hybridized carbons (Fsp3) is 0.556. The molecule has 2 heterocycles. The molecule has 0 radical (unpaired) electrons. The SMILES string of the molecule is O=C(O)CCCNC(=O)N1CCC(N2CCc3ccccc32)CC1. The number of benzene rings is 1. The van der Waals surface area contributed by atoms with Gasteiger partial charge in [-0.05, 0) is 37.3 Å². The van der Waals surface area contributed by atoms with Crippen LogP contribution in [0, 0.1) is 0 Å². The van der Waals surface area contributed by atoms with Crippen LogP contribution in [-0.2, 0) is 11.2 Å². The van der Waals surface area contributed by atoms with E-state index in [1.807, 2.05) is 4.90 Å². The van der Waals surface area contributed by atoms with Crippen LogP contribution in [0.3, 0.4) is 0 Å². The number of likely N-dealkylation sites (tertiary alicyclic amines) is 1. The summed E-state index contributed by atoms with van der Waals surface area (Å²) in [6.45, 7) is 3.01. The van der Waals surface area contributed by atoms with Gasteiger partial charge in [-0.2, -0.15) is 0 Å². The Morgan fingerprint density at radius 3 is 2.67 bits per heavy atom. The second-order valence-corrected chi connectivity index (χ2v) is 6.52. The third kappa shape index (κ3) is 3.80. The number of carbonyl (C=O) groups is 2. The lowest BCUT2D eigenvalue weighted by molar-refractivity contribution is -0.137. The fourth-order valence-electron chi connectivity index (χ4n) is 3.67. The van der Waals surface area contributed by atoms with Crippen LogP contribution in [0.5, 0.6) is 0 Å². The van der Waals surface area contributed by atoms with Crippen molar-refractivity contribution in [1.29, 1.82) is 0 Å². The van der Waals surface area contributed by atoms with Crippen molar-refractivity contribution >= 4 is 17.7 Å². The highest BCUT2D eigenvalue weighted by atomic mass is 16.4. The van der Waals surface area contributed by atoms with E-state index in [2.05, 4.69) is 34.5 Å². The van der Waals surface area contributed by atoms with E-state index in [-0.39, 0.29) is 12.5 Å². The molecule has 0 spiro atoms. The van der Waals surface area contributed by atoms with Crippen molar-refractivity contribution in [3.05, 3.63) is 29.8 Å². The number of hydrogen-bond donors (Lipinski definition) is 2. The summed E-state index contributed by atoms with van der Waals surface area (Å²) in [5.74, 6) is -0.823. The van der Waals surface area contributed by atoms with Gasteiger partial charge in [0.05, 0.1) is 0 Å². The Hall–Kier alpha value is -2.24. The van der Waals surface area contributed by atoms with Gasteiger partial charge in [0.2, 0.25) is 0 Å². The first-order valence-electron chi connectivity index (χ1n) is 8.74. The van der Waals surface area contributed by atoms with E-state index < -0.39 is 5.97 Å². The van der Waals surface area contributed by atoms with Crippen LogP contribution in [0.15, 0.2) is 24.3 Å². The Bertz CT molecular complexity index is 597. The minimum absolute atomic E-state index is 0.0688. The van der Waals surface area contributed by atoms with E-state index in [0.717, 1.165) is 38.9 Å². The second kappa shape index (κ2) is 7.55. The van der Waals surface area contributed by atoms with Gasteiger partial charge in [0, 0.05) is 44.3 Å². The molecule has 2 N–H and O–H groups in total. The largest absolute Gasteiger partial charge is 0.481 e. The number of hydrogen-bond acceptors (Lipinski definition) is 3. The lowest BCUT2D eigenvalue weighted by Crippen LogP contribution is -2.49. The molecule has 1 aromatic carbocycles. The number of urea groups is 1. The van der Waals surface area contributed by atoms with E-state index in [1.165, 1.54) is 11.3 Å². The lowest BCUT2D eigenvalue weighted by atomic mass is 10.0. The number of rotatable bonds is 5. The molecule has 2 amide bonds. The van der Waals surface area contributed by atoms with Crippen molar-refractivity contribution in [3.8, 4) is 0 Å². The number of amides is 2. The third-order valence-corrected chi connectivity index (χ3v) is 4.96. The third-order valence-electron chi connectivity index (χ3n) is 4.96. The molecule has 3 rings (SSSR count). The number of piperidine rings is 1. The second-order valence-electron chi connectivity index (χ2n) is 6.52. The van der Waals surface area contributed by atoms with Gasteiger partial charge in [0.1, 0.15) is 0 Å². The van der Waals surface area contributed by atoms with Crippen LogP contribution in [0.25, 0.3) is 0 Å². The van der Waals surface area contributed by atoms with Crippen molar-refractivity contribution in [2.45, 2.75) is 38.1 Å². The fourth-order valence-corrected chi connectivity index (χ4v) is 3.67. The minimum Gasteiger partial charge on any atom is -0.481 e. The summed E-state index contributed by atoms with van der Waals surface area (Å²) in [5.41, 5.74) is 2.78. The number of carboxylic acids is 1. The predicted octanol–water partition coefficient (Wildman–Crippen LogP) is 2.09. The smallest absolute Gasteiger partial charge is 0.317 e. The van der Waals surface area contributed by atoms with Gasteiger partial charge >= 0.3 is 12.0 Å². The predicted molar refractivity (Wildman–Crippen MR) is 92.4 cm³/mol. The molecule has 1 saturated heterocycles. The molecular weight excluding hydrogens is 306 g/mol. The first-order valence-corrected chi connectivity index (χ1v) is 8.74.